The van der Waals surface area contributed by atoms with Crippen LogP contribution in [0.1, 0.15) is 38.2 Å². The predicted octanol–water partition coefficient (Wildman–Crippen LogP) is 4.19. The molecule has 1 N–H and O–H groups in total. The maximum atomic E-state index is 6.27. The van der Waals surface area contributed by atoms with Gasteiger partial charge in [-0.1, -0.05) is 43.1 Å². The fraction of sp³-hybridized carbons (Fsp3) is 0.667. The summed E-state index contributed by atoms with van der Waals surface area (Å²) in [5, 5.41) is 4.41. The zero-order valence-electron chi connectivity index (χ0n) is 13.6. The Morgan fingerprint density at radius 1 is 1.29 bits per heavy atom. The largest absolute Gasteiger partial charge is 0.317 e. The molecule has 21 heavy (non-hydrogen) atoms. The number of hydrogen-bond donors (Lipinski definition) is 1. The Bertz CT molecular complexity index is 435. The lowest BCUT2D eigenvalue weighted by molar-refractivity contribution is 0.153. The minimum atomic E-state index is 0.668. The fourth-order valence-corrected chi connectivity index (χ4v) is 3.89. The monoisotopic (exact) mass is 308 g/mol. The van der Waals surface area contributed by atoms with Gasteiger partial charge in [-0.05, 0) is 56.8 Å². The van der Waals surface area contributed by atoms with Crippen molar-refractivity contribution in [1.82, 2.24) is 10.2 Å². The molecule has 1 aliphatic rings. The average molecular weight is 309 g/mol. The Kier molecular flexibility index (Phi) is 6.53. The summed E-state index contributed by atoms with van der Waals surface area (Å²) in [4.78, 5) is 2.42. The molecule has 1 aliphatic carbocycles. The highest BCUT2D eigenvalue weighted by Crippen LogP contribution is 2.32. The van der Waals surface area contributed by atoms with Crippen LogP contribution in [0.4, 0.5) is 0 Å². The molecule has 2 rings (SSSR count). The number of nitrogens with one attached hydrogen (secondary N) is 1. The number of rotatable bonds is 6. The molecule has 2 nitrogen and oxygen atoms in total. The summed E-state index contributed by atoms with van der Waals surface area (Å²) < 4.78 is 0. The summed E-state index contributed by atoms with van der Waals surface area (Å²) in [6.07, 6.45) is 5.38. The van der Waals surface area contributed by atoms with Crippen molar-refractivity contribution in [3.63, 3.8) is 0 Å². The highest BCUT2D eigenvalue weighted by Gasteiger charge is 2.29. The molecule has 118 valence electrons. The minimum Gasteiger partial charge on any atom is -0.317 e. The van der Waals surface area contributed by atoms with Gasteiger partial charge < -0.3 is 10.2 Å². The van der Waals surface area contributed by atoms with Crippen LogP contribution in [0.5, 0.6) is 0 Å². The van der Waals surface area contributed by atoms with Crippen molar-refractivity contribution in [1.29, 1.82) is 0 Å². The molecule has 0 spiro atoms. The van der Waals surface area contributed by atoms with Crippen molar-refractivity contribution in [2.45, 2.75) is 45.2 Å². The van der Waals surface area contributed by atoms with E-state index in [1.54, 1.807) is 0 Å². The molecule has 1 aromatic rings. The minimum absolute atomic E-state index is 0.668. The number of nitrogens with zero attached hydrogens (tertiary/aromatic N) is 1. The molecule has 3 atom stereocenters. The lowest BCUT2D eigenvalue weighted by Crippen LogP contribution is -2.43. The van der Waals surface area contributed by atoms with Crippen LogP contribution in [-0.4, -0.2) is 31.6 Å². The highest BCUT2D eigenvalue weighted by molar-refractivity contribution is 6.31. The van der Waals surface area contributed by atoms with E-state index in [0.29, 0.717) is 6.04 Å². The van der Waals surface area contributed by atoms with E-state index in [0.717, 1.165) is 29.9 Å². The van der Waals surface area contributed by atoms with Gasteiger partial charge in [-0.2, -0.15) is 0 Å². The first-order valence-corrected chi connectivity index (χ1v) is 8.61. The van der Waals surface area contributed by atoms with E-state index in [1.807, 2.05) is 12.1 Å². The van der Waals surface area contributed by atoms with Crippen LogP contribution in [0.2, 0.25) is 5.02 Å². The molecular formula is C18H29ClN2. The van der Waals surface area contributed by atoms with Crippen LogP contribution < -0.4 is 5.32 Å². The van der Waals surface area contributed by atoms with Crippen molar-refractivity contribution in [3.8, 4) is 0 Å². The van der Waals surface area contributed by atoms with Crippen LogP contribution in [0, 0.1) is 11.8 Å². The summed E-state index contributed by atoms with van der Waals surface area (Å²) in [7, 11) is 4.32. The molecule has 1 aromatic carbocycles. The Hall–Kier alpha value is -0.570. The zero-order valence-corrected chi connectivity index (χ0v) is 14.4. The van der Waals surface area contributed by atoms with Crippen molar-refractivity contribution in [2.75, 3.05) is 20.6 Å². The van der Waals surface area contributed by atoms with Gasteiger partial charge in [0.05, 0.1) is 0 Å². The van der Waals surface area contributed by atoms with E-state index in [9.17, 15) is 0 Å². The topological polar surface area (TPSA) is 15.3 Å². The normalized spacial score (nSPS) is 26.2. The molecule has 0 radical (unpaired) electrons. The summed E-state index contributed by atoms with van der Waals surface area (Å²) in [6.45, 7) is 4.41. The van der Waals surface area contributed by atoms with E-state index in [2.05, 4.69) is 43.4 Å². The Balaban J connectivity index is 1.93. The lowest BCUT2D eigenvalue weighted by atomic mass is 9.76. The number of halogens is 1. The van der Waals surface area contributed by atoms with Crippen molar-refractivity contribution in [2.24, 2.45) is 11.8 Å². The smallest absolute Gasteiger partial charge is 0.0451 e. The number of hydrogen-bond acceptors (Lipinski definition) is 2. The molecule has 0 saturated heterocycles. The second kappa shape index (κ2) is 8.17. The Labute approximate surface area is 134 Å². The van der Waals surface area contributed by atoms with Gasteiger partial charge in [-0.25, -0.2) is 0 Å². The maximum Gasteiger partial charge on any atom is 0.0451 e. The van der Waals surface area contributed by atoms with E-state index in [4.69, 9.17) is 11.6 Å². The van der Waals surface area contributed by atoms with Gasteiger partial charge >= 0.3 is 0 Å². The maximum absolute atomic E-state index is 6.27. The zero-order chi connectivity index (χ0) is 15.2. The van der Waals surface area contributed by atoms with Gasteiger partial charge in [0.2, 0.25) is 0 Å². The van der Waals surface area contributed by atoms with Gasteiger partial charge in [0, 0.05) is 24.2 Å². The van der Waals surface area contributed by atoms with Gasteiger partial charge in [0.1, 0.15) is 0 Å². The fourth-order valence-electron chi connectivity index (χ4n) is 3.70. The lowest BCUT2D eigenvalue weighted by Gasteiger charge is -2.38. The first-order chi connectivity index (χ1) is 10.1. The summed E-state index contributed by atoms with van der Waals surface area (Å²) in [5.41, 5.74) is 1.23. The first kappa shape index (κ1) is 16.8. The third-order valence-corrected chi connectivity index (χ3v) is 5.35. The van der Waals surface area contributed by atoms with E-state index < -0.39 is 0 Å². The van der Waals surface area contributed by atoms with Crippen LogP contribution >= 0.6 is 11.6 Å². The first-order valence-electron chi connectivity index (χ1n) is 8.23. The third kappa shape index (κ3) is 4.70. The highest BCUT2D eigenvalue weighted by atomic mass is 35.5. The number of benzene rings is 1. The molecule has 0 amide bonds. The second-order valence-corrected chi connectivity index (χ2v) is 6.94. The summed E-state index contributed by atoms with van der Waals surface area (Å²) in [6, 6.07) is 8.84. The van der Waals surface area contributed by atoms with Gasteiger partial charge in [-0.15, -0.1) is 0 Å². The molecule has 0 heterocycles. The summed E-state index contributed by atoms with van der Waals surface area (Å²) >= 11 is 6.27. The average Bonchev–Trinajstić information content (AvgIpc) is 2.49. The molecule has 0 aromatic heterocycles. The molecule has 1 saturated carbocycles. The van der Waals surface area contributed by atoms with Crippen molar-refractivity contribution < 1.29 is 0 Å². The van der Waals surface area contributed by atoms with Gasteiger partial charge in [0.15, 0.2) is 0 Å². The third-order valence-electron chi connectivity index (χ3n) is 4.98. The quantitative estimate of drug-likeness (QED) is 0.848. The van der Waals surface area contributed by atoms with E-state index in [1.165, 1.54) is 31.2 Å². The SMILES string of the molecule is CCC1CCC(NC)C(CN(C)Cc2ccccc2Cl)C1. The van der Waals surface area contributed by atoms with Crippen LogP contribution in [-0.2, 0) is 6.54 Å². The van der Waals surface area contributed by atoms with E-state index in [-0.39, 0.29) is 0 Å². The summed E-state index contributed by atoms with van der Waals surface area (Å²) in [5.74, 6) is 1.66. The van der Waals surface area contributed by atoms with Crippen LogP contribution in [0.25, 0.3) is 0 Å². The molecule has 0 bridgehead atoms. The molecule has 0 aliphatic heterocycles. The molecule has 3 heteroatoms. The van der Waals surface area contributed by atoms with Crippen LogP contribution in [0.3, 0.4) is 0 Å². The van der Waals surface area contributed by atoms with Gasteiger partial charge in [0.25, 0.3) is 0 Å². The standard InChI is InChI=1S/C18H29ClN2/c1-4-14-9-10-18(20-2)16(11-14)13-21(3)12-15-7-5-6-8-17(15)19/h5-8,14,16,18,20H,4,9-13H2,1-3H3. The Morgan fingerprint density at radius 3 is 2.71 bits per heavy atom. The van der Waals surface area contributed by atoms with Crippen molar-refractivity contribution >= 4 is 11.6 Å². The molecular weight excluding hydrogens is 280 g/mol. The molecule has 1 fully saturated rings. The van der Waals surface area contributed by atoms with Gasteiger partial charge in [-0.3, -0.25) is 0 Å². The molecule has 3 unspecified atom stereocenters. The van der Waals surface area contributed by atoms with Crippen molar-refractivity contribution in [3.05, 3.63) is 34.9 Å². The van der Waals surface area contributed by atoms with Crippen LogP contribution in [0.15, 0.2) is 24.3 Å². The predicted molar refractivity (Wildman–Crippen MR) is 91.8 cm³/mol. The van der Waals surface area contributed by atoms with E-state index >= 15 is 0 Å². The Morgan fingerprint density at radius 2 is 2.05 bits per heavy atom. The second-order valence-electron chi connectivity index (χ2n) is 6.53.